The Morgan fingerprint density at radius 3 is 2.56 bits per heavy atom. The Kier molecular flexibility index (Phi) is 5.09. The summed E-state index contributed by atoms with van der Waals surface area (Å²) in [5, 5.41) is 11.5. The van der Waals surface area contributed by atoms with Crippen LogP contribution in [0.1, 0.15) is 18.4 Å². The maximum Gasteiger partial charge on any atom is 0.321 e. The Balaban J connectivity index is 1.48. The van der Waals surface area contributed by atoms with Gasteiger partial charge in [-0.3, -0.25) is 0 Å². The fourth-order valence-corrected chi connectivity index (χ4v) is 2.60. The second-order valence-electron chi connectivity index (χ2n) is 5.74. The number of amides is 2. The highest BCUT2D eigenvalue weighted by Crippen LogP contribution is 2.18. The van der Waals surface area contributed by atoms with Gasteiger partial charge in [-0.2, -0.15) is 5.26 Å². The van der Waals surface area contributed by atoms with Crippen molar-refractivity contribution in [3.8, 4) is 11.9 Å². The van der Waals surface area contributed by atoms with E-state index < -0.39 is 0 Å². The van der Waals surface area contributed by atoms with Crippen LogP contribution in [-0.4, -0.2) is 35.1 Å². The molecule has 1 saturated heterocycles. The molecule has 0 atom stereocenters. The lowest BCUT2D eigenvalue weighted by molar-refractivity contribution is 0.111. The molecular weight excluding hydrogens is 323 g/mol. The summed E-state index contributed by atoms with van der Waals surface area (Å²) in [6.45, 7) is 1.13. The van der Waals surface area contributed by atoms with E-state index in [1.165, 1.54) is 30.5 Å². The number of aromatic nitrogens is 1. The number of nitrogens with one attached hydrogen (secondary N) is 1. The van der Waals surface area contributed by atoms with Gasteiger partial charge in [-0.25, -0.2) is 14.2 Å². The van der Waals surface area contributed by atoms with Crippen LogP contribution in [0.15, 0.2) is 42.6 Å². The molecule has 1 aliphatic rings. The van der Waals surface area contributed by atoms with E-state index >= 15 is 0 Å². The van der Waals surface area contributed by atoms with Gasteiger partial charge in [-0.1, -0.05) is 0 Å². The minimum absolute atomic E-state index is 0.0182. The van der Waals surface area contributed by atoms with Gasteiger partial charge in [0.25, 0.3) is 0 Å². The number of nitriles is 1. The zero-order valence-electron chi connectivity index (χ0n) is 13.5. The number of benzene rings is 1. The summed E-state index contributed by atoms with van der Waals surface area (Å²) < 4.78 is 18.7. The highest BCUT2D eigenvalue weighted by atomic mass is 19.1. The number of halogens is 1. The predicted molar refractivity (Wildman–Crippen MR) is 89.6 cm³/mol. The summed E-state index contributed by atoms with van der Waals surface area (Å²) in [6.07, 6.45) is 2.84. The van der Waals surface area contributed by atoms with E-state index in [1.54, 1.807) is 17.0 Å². The molecule has 0 radical (unpaired) electrons. The summed E-state index contributed by atoms with van der Waals surface area (Å²) in [5.41, 5.74) is 1.05. The van der Waals surface area contributed by atoms with Gasteiger partial charge in [0.2, 0.25) is 5.88 Å². The van der Waals surface area contributed by atoms with Gasteiger partial charge in [0.1, 0.15) is 18.0 Å². The van der Waals surface area contributed by atoms with Crippen molar-refractivity contribution in [1.82, 2.24) is 9.88 Å². The van der Waals surface area contributed by atoms with E-state index in [4.69, 9.17) is 10.00 Å². The molecule has 0 spiro atoms. The van der Waals surface area contributed by atoms with Crippen molar-refractivity contribution in [2.24, 2.45) is 0 Å². The SMILES string of the molecule is N#Cc1ccc(OC2CCN(C(=O)Nc3ccc(F)cc3)CC2)nc1. The van der Waals surface area contributed by atoms with E-state index in [1.807, 2.05) is 6.07 Å². The first-order valence-electron chi connectivity index (χ1n) is 7.98. The van der Waals surface area contributed by atoms with E-state index in [2.05, 4.69) is 10.3 Å². The Morgan fingerprint density at radius 2 is 1.96 bits per heavy atom. The summed E-state index contributed by atoms with van der Waals surface area (Å²) in [5.74, 6) is 0.139. The number of hydrogen-bond donors (Lipinski definition) is 1. The second-order valence-corrected chi connectivity index (χ2v) is 5.74. The molecule has 0 bridgehead atoms. The van der Waals surface area contributed by atoms with E-state index in [-0.39, 0.29) is 18.0 Å². The molecule has 1 N–H and O–H groups in total. The fraction of sp³-hybridized carbons (Fsp3) is 0.278. The molecule has 1 fully saturated rings. The van der Waals surface area contributed by atoms with Crippen LogP contribution in [0.4, 0.5) is 14.9 Å². The number of carbonyl (C=O) groups excluding carboxylic acids is 1. The first kappa shape index (κ1) is 16.7. The summed E-state index contributed by atoms with van der Waals surface area (Å²) in [7, 11) is 0. The molecule has 1 aromatic heterocycles. The topological polar surface area (TPSA) is 78.2 Å². The van der Waals surface area contributed by atoms with Crippen LogP contribution < -0.4 is 10.1 Å². The Hall–Kier alpha value is -3.14. The number of rotatable bonds is 3. The third-order valence-electron chi connectivity index (χ3n) is 3.98. The van der Waals surface area contributed by atoms with Crippen LogP contribution in [0, 0.1) is 17.1 Å². The molecule has 2 amide bonds. The number of hydrogen-bond acceptors (Lipinski definition) is 4. The Bertz CT molecular complexity index is 763. The zero-order chi connectivity index (χ0) is 17.6. The number of pyridine rings is 1. The van der Waals surface area contributed by atoms with E-state index in [0.717, 1.165) is 0 Å². The number of piperidine rings is 1. The number of carbonyl (C=O) groups is 1. The summed E-state index contributed by atoms with van der Waals surface area (Å²) in [6, 6.07) is 10.8. The standard InChI is InChI=1S/C18H17FN4O2/c19-14-2-4-15(5-3-14)22-18(24)23-9-7-16(8-10-23)25-17-6-1-13(11-20)12-21-17/h1-6,12,16H,7-10H2,(H,22,24). The number of urea groups is 1. The predicted octanol–water partition coefficient (Wildman–Crippen LogP) is 3.17. The zero-order valence-corrected chi connectivity index (χ0v) is 13.5. The molecule has 2 heterocycles. The first-order chi connectivity index (χ1) is 12.1. The molecule has 25 heavy (non-hydrogen) atoms. The van der Waals surface area contributed by atoms with E-state index in [9.17, 15) is 9.18 Å². The van der Waals surface area contributed by atoms with Gasteiger partial charge < -0.3 is 15.0 Å². The van der Waals surface area contributed by atoms with E-state index in [0.29, 0.717) is 43.1 Å². The smallest absolute Gasteiger partial charge is 0.321 e. The van der Waals surface area contributed by atoms with Gasteiger partial charge in [-0.15, -0.1) is 0 Å². The van der Waals surface area contributed by atoms with Gasteiger partial charge >= 0.3 is 6.03 Å². The lowest BCUT2D eigenvalue weighted by Gasteiger charge is -2.31. The maximum absolute atomic E-state index is 12.9. The van der Waals surface area contributed by atoms with Crippen LogP contribution in [0.3, 0.4) is 0 Å². The van der Waals surface area contributed by atoms with Crippen molar-refractivity contribution < 1.29 is 13.9 Å². The Morgan fingerprint density at radius 1 is 1.24 bits per heavy atom. The number of anilines is 1. The summed E-state index contributed by atoms with van der Waals surface area (Å²) in [4.78, 5) is 18.0. The van der Waals surface area contributed by atoms with Gasteiger partial charge in [0.05, 0.1) is 5.56 Å². The largest absolute Gasteiger partial charge is 0.474 e. The van der Waals surface area contributed by atoms with Crippen molar-refractivity contribution >= 4 is 11.7 Å². The maximum atomic E-state index is 12.9. The van der Waals surface area contributed by atoms with Crippen LogP contribution in [0.25, 0.3) is 0 Å². The Labute approximate surface area is 144 Å². The normalized spacial score (nSPS) is 14.6. The average Bonchev–Trinajstić information content (AvgIpc) is 2.65. The molecule has 0 aliphatic carbocycles. The molecule has 0 saturated carbocycles. The molecule has 128 valence electrons. The van der Waals surface area contributed by atoms with Crippen molar-refractivity contribution in [1.29, 1.82) is 5.26 Å². The third-order valence-corrected chi connectivity index (χ3v) is 3.98. The molecule has 1 aliphatic heterocycles. The molecule has 6 nitrogen and oxygen atoms in total. The molecule has 2 aromatic rings. The molecule has 7 heteroatoms. The van der Waals surface area contributed by atoms with Crippen LogP contribution in [0.5, 0.6) is 5.88 Å². The van der Waals surface area contributed by atoms with Crippen LogP contribution in [-0.2, 0) is 0 Å². The van der Waals surface area contributed by atoms with Gasteiger partial charge in [0, 0.05) is 43.9 Å². The molecular formula is C18H17FN4O2. The molecule has 3 rings (SSSR count). The third kappa shape index (κ3) is 4.44. The minimum Gasteiger partial charge on any atom is -0.474 e. The van der Waals surface area contributed by atoms with Crippen LogP contribution >= 0.6 is 0 Å². The highest BCUT2D eigenvalue weighted by Gasteiger charge is 2.24. The lowest BCUT2D eigenvalue weighted by atomic mass is 10.1. The quantitative estimate of drug-likeness (QED) is 0.931. The van der Waals surface area contributed by atoms with Gasteiger partial charge in [-0.05, 0) is 30.3 Å². The summed E-state index contributed by atoms with van der Waals surface area (Å²) >= 11 is 0. The van der Waals surface area contributed by atoms with Crippen molar-refractivity contribution in [3.63, 3.8) is 0 Å². The monoisotopic (exact) mass is 340 g/mol. The number of likely N-dealkylation sites (tertiary alicyclic amines) is 1. The number of nitrogens with zero attached hydrogens (tertiary/aromatic N) is 3. The molecule has 1 aromatic carbocycles. The second kappa shape index (κ2) is 7.62. The average molecular weight is 340 g/mol. The van der Waals surface area contributed by atoms with Crippen molar-refractivity contribution in [2.75, 3.05) is 18.4 Å². The van der Waals surface area contributed by atoms with Crippen molar-refractivity contribution in [3.05, 3.63) is 54.0 Å². The highest BCUT2D eigenvalue weighted by molar-refractivity contribution is 5.89. The number of ether oxygens (including phenoxy) is 1. The van der Waals surface area contributed by atoms with Gasteiger partial charge in [0.15, 0.2) is 0 Å². The van der Waals surface area contributed by atoms with Crippen LogP contribution in [0.2, 0.25) is 0 Å². The molecule has 0 unspecified atom stereocenters. The minimum atomic E-state index is -0.340. The first-order valence-corrected chi connectivity index (χ1v) is 7.98. The lowest BCUT2D eigenvalue weighted by Crippen LogP contribution is -2.43. The fourth-order valence-electron chi connectivity index (χ4n) is 2.60. The van der Waals surface area contributed by atoms with Crippen molar-refractivity contribution in [2.45, 2.75) is 18.9 Å².